The van der Waals surface area contributed by atoms with Gasteiger partial charge in [-0.05, 0) is 60.7 Å². The molecule has 0 unspecified atom stereocenters. The summed E-state index contributed by atoms with van der Waals surface area (Å²) in [6, 6.07) is 0. The highest BCUT2D eigenvalue weighted by molar-refractivity contribution is 4.71. The Morgan fingerprint density at radius 2 is 1.14 bits per heavy atom. The van der Waals surface area contributed by atoms with E-state index in [1.165, 1.54) is 32.1 Å². The Morgan fingerprint density at radius 1 is 0.679 bits per heavy atom. The van der Waals surface area contributed by atoms with Crippen molar-refractivity contribution in [3.05, 3.63) is 0 Å². The van der Waals surface area contributed by atoms with Gasteiger partial charge in [0, 0.05) is 40.6 Å². The number of hydrogen-bond donors (Lipinski definition) is 0. The molecule has 1 heterocycles. The van der Waals surface area contributed by atoms with Crippen LogP contribution in [0.15, 0.2) is 0 Å². The molecule has 0 N–H and O–H groups in total. The molecule has 0 radical (unpaired) electrons. The smallest absolute Gasteiger partial charge is 0.0468 e. The van der Waals surface area contributed by atoms with Crippen molar-refractivity contribution in [3.63, 3.8) is 0 Å². The fourth-order valence-corrected chi connectivity index (χ4v) is 2.97. The van der Waals surface area contributed by atoms with E-state index < -0.39 is 0 Å². The second-order valence-electron chi connectivity index (χ2n) is 11.8. The number of hydrogen-bond acceptors (Lipinski definition) is 3. The van der Waals surface area contributed by atoms with Gasteiger partial charge in [-0.25, -0.2) is 0 Å². The molecule has 0 aromatic carbocycles. The average Bonchev–Trinajstić information content (AvgIpc) is 2.52. The van der Waals surface area contributed by atoms with E-state index in [-0.39, 0.29) is 0 Å². The summed E-state index contributed by atoms with van der Waals surface area (Å²) in [5, 5.41) is 0. The van der Waals surface area contributed by atoms with Gasteiger partial charge in [0.05, 0.1) is 0 Å². The SMILES string of the molecule is CC(C)(C)CC1CCOCC1.COCCC(C)(C)C.COCCCC(C)(C)C. The van der Waals surface area contributed by atoms with Crippen molar-refractivity contribution in [3.8, 4) is 0 Å². The third-order valence-electron chi connectivity index (χ3n) is 4.57. The van der Waals surface area contributed by atoms with E-state index in [1.54, 1.807) is 14.2 Å². The van der Waals surface area contributed by atoms with E-state index >= 15 is 0 Å². The van der Waals surface area contributed by atoms with Crippen molar-refractivity contribution in [1.29, 1.82) is 0 Å². The molecule has 0 bridgehead atoms. The Labute approximate surface area is 178 Å². The van der Waals surface area contributed by atoms with Crippen LogP contribution in [0.25, 0.3) is 0 Å². The molecule has 0 aliphatic carbocycles. The molecule has 1 fully saturated rings. The Balaban J connectivity index is 0. The van der Waals surface area contributed by atoms with Gasteiger partial charge in [0.2, 0.25) is 0 Å². The van der Waals surface area contributed by atoms with Gasteiger partial charge in [0.1, 0.15) is 0 Å². The maximum Gasteiger partial charge on any atom is 0.0468 e. The van der Waals surface area contributed by atoms with Crippen LogP contribution in [0.4, 0.5) is 0 Å². The molecule has 172 valence electrons. The second-order valence-corrected chi connectivity index (χ2v) is 11.8. The lowest BCUT2D eigenvalue weighted by Crippen LogP contribution is -2.20. The molecule has 1 saturated heterocycles. The van der Waals surface area contributed by atoms with E-state index in [4.69, 9.17) is 14.2 Å². The molecule has 1 rings (SSSR count). The van der Waals surface area contributed by atoms with Crippen LogP contribution in [0.3, 0.4) is 0 Å². The first-order valence-electron chi connectivity index (χ1n) is 11.3. The second kappa shape index (κ2) is 15.7. The topological polar surface area (TPSA) is 27.7 Å². The van der Waals surface area contributed by atoms with Crippen LogP contribution in [0.2, 0.25) is 0 Å². The lowest BCUT2D eigenvalue weighted by atomic mass is 9.81. The molecular weight excluding hydrogens is 348 g/mol. The lowest BCUT2D eigenvalue weighted by Gasteiger charge is -2.28. The highest BCUT2D eigenvalue weighted by atomic mass is 16.5. The highest BCUT2D eigenvalue weighted by Gasteiger charge is 2.20. The van der Waals surface area contributed by atoms with Gasteiger partial charge in [0.15, 0.2) is 0 Å². The van der Waals surface area contributed by atoms with Crippen molar-refractivity contribution in [2.75, 3.05) is 40.6 Å². The maximum absolute atomic E-state index is 5.31. The van der Waals surface area contributed by atoms with Crippen molar-refractivity contribution < 1.29 is 14.2 Å². The Hall–Kier alpha value is -0.120. The largest absolute Gasteiger partial charge is 0.385 e. The molecule has 0 aromatic rings. The molecule has 0 amide bonds. The van der Waals surface area contributed by atoms with Gasteiger partial charge in [0.25, 0.3) is 0 Å². The van der Waals surface area contributed by atoms with E-state index in [1.807, 2.05) is 0 Å². The summed E-state index contributed by atoms with van der Waals surface area (Å²) in [5.74, 6) is 0.920. The summed E-state index contributed by atoms with van der Waals surface area (Å²) in [7, 11) is 3.49. The first kappa shape index (κ1) is 30.1. The Morgan fingerprint density at radius 3 is 1.46 bits per heavy atom. The third-order valence-corrected chi connectivity index (χ3v) is 4.57. The van der Waals surface area contributed by atoms with E-state index in [2.05, 4.69) is 62.3 Å². The van der Waals surface area contributed by atoms with Crippen molar-refractivity contribution in [2.24, 2.45) is 22.2 Å². The van der Waals surface area contributed by atoms with Crippen LogP contribution in [0, 0.1) is 22.2 Å². The molecule has 0 aromatic heterocycles. The minimum Gasteiger partial charge on any atom is -0.385 e. The molecule has 3 nitrogen and oxygen atoms in total. The zero-order valence-corrected chi connectivity index (χ0v) is 21.4. The van der Waals surface area contributed by atoms with Gasteiger partial charge in [-0.1, -0.05) is 62.3 Å². The molecular formula is C25H54O3. The number of methoxy groups -OCH3 is 2. The van der Waals surface area contributed by atoms with Crippen molar-refractivity contribution in [2.45, 2.75) is 101 Å². The molecule has 0 saturated carbocycles. The van der Waals surface area contributed by atoms with Gasteiger partial charge < -0.3 is 14.2 Å². The van der Waals surface area contributed by atoms with Crippen LogP contribution in [0.1, 0.15) is 101 Å². The summed E-state index contributed by atoms with van der Waals surface area (Å²) in [5.41, 5.74) is 1.40. The Bertz CT molecular complexity index is 325. The van der Waals surface area contributed by atoms with E-state index in [9.17, 15) is 0 Å². The summed E-state index contributed by atoms with van der Waals surface area (Å²) in [6.45, 7) is 24.1. The van der Waals surface area contributed by atoms with Crippen LogP contribution in [-0.2, 0) is 14.2 Å². The molecule has 0 atom stereocenters. The van der Waals surface area contributed by atoms with E-state index in [0.29, 0.717) is 16.2 Å². The molecule has 0 spiro atoms. The van der Waals surface area contributed by atoms with Gasteiger partial charge in [-0.15, -0.1) is 0 Å². The summed E-state index contributed by atoms with van der Waals surface area (Å²) < 4.78 is 15.2. The highest BCUT2D eigenvalue weighted by Crippen LogP contribution is 2.29. The summed E-state index contributed by atoms with van der Waals surface area (Å²) in [4.78, 5) is 0. The van der Waals surface area contributed by atoms with Gasteiger partial charge in [-0.3, -0.25) is 0 Å². The Kier molecular flexibility index (Phi) is 16.8. The summed E-state index contributed by atoms with van der Waals surface area (Å²) >= 11 is 0. The van der Waals surface area contributed by atoms with Gasteiger partial charge >= 0.3 is 0 Å². The number of ether oxygens (including phenoxy) is 3. The van der Waals surface area contributed by atoms with Crippen LogP contribution < -0.4 is 0 Å². The molecule has 28 heavy (non-hydrogen) atoms. The monoisotopic (exact) mass is 402 g/mol. The minimum absolute atomic E-state index is 0.427. The quantitative estimate of drug-likeness (QED) is 0.434. The third kappa shape index (κ3) is 28.1. The number of rotatable bonds is 6. The molecule has 1 aliphatic rings. The first-order chi connectivity index (χ1) is 12.7. The lowest BCUT2D eigenvalue weighted by molar-refractivity contribution is 0.0532. The maximum atomic E-state index is 5.31. The fraction of sp³-hybridized carbons (Fsp3) is 1.00. The van der Waals surface area contributed by atoms with Gasteiger partial charge in [-0.2, -0.15) is 0 Å². The minimum atomic E-state index is 0.427. The molecule has 3 heteroatoms. The van der Waals surface area contributed by atoms with E-state index in [0.717, 1.165) is 38.8 Å². The van der Waals surface area contributed by atoms with Crippen LogP contribution >= 0.6 is 0 Å². The average molecular weight is 403 g/mol. The van der Waals surface area contributed by atoms with Crippen LogP contribution in [0.5, 0.6) is 0 Å². The standard InChI is InChI=1S/C10H20O.C8H18O.C7H16O/c1-10(2,3)8-9-4-6-11-7-5-9;1-8(2,3)6-5-7-9-4;1-7(2,3)5-6-8-4/h9H,4-8H2,1-3H3;5-7H2,1-4H3;5-6H2,1-4H3. The fourth-order valence-electron chi connectivity index (χ4n) is 2.97. The summed E-state index contributed by atoms with van der Waals surface area (Å²) in [6.07, 6.45) is 7.48. The normalized spacial score (nSPS) is 16.0. The molecule has 1 aliphatic heterocycles. The first-order valence-corrected chi connectivity index (χ1v) is 11.3. The van der Waals surface area contributed by atoms with Crippen molar-refractivity contribution in [1.82, 2.24) is 0 Å². The van der Waals surface area contributed by atoms with Crippen LogP contribution in [-0.4, -0.2) is 40.6 Å². The predicted octanol–water partition coefficient (Wildman–Crippen LogP) is 7.38. The van der Waals surface area contributed by atoms with Crippen molar-refractivity contribution >= 4 is 0 Å². The zero-order chi connectivity index (χ0) is 22.3. The zero-order valence-electron chi connectivity index (χ0n) is 21.4. The predicted molar refractivity (Wildman–Crippen MR) is 124 cm³/mol.